The van der Waals surface area contributed by atoms with Gasteiger partial charge in [-0.1, -0.05) is 25.1 Å². The third kappa shape index (κ3) is 4.12. The Labute approximate surface area is 147 Å². The number of aryl methyl sites for hydroxylation is 1. The molecule has 0 fully saturated rings. The van der Waals surface area contributed by atoms with Gasteiger partial charge in [-0.25, -0.2) is 14.4 Å². The van der Waals surface area contributed by atoms with Crippen molar-refractivity contribution in [1.29, 1.82) is 0 Å². The first-order valence-corrected chi connectivity index (χ1v) is 8.32. The van der Waals surface area contributed by atoms with E-state index < -0.39 is 0 Å². The largest absolute Gasteiger partial charge is 0.373 e. The van der Waals surface area contributed by atoms with Crippen LogP contribution in [0.3, 0.4) is 0 Å². The summed E-state index contributed by atoms with van der Waals surface area (Å²) in [7, 11) is 1.85. The van der Waals surface area contributed by atoms with Crippen molar-refractivity contribution in [2.24, 2.45) is 0 Å². The number of aromatic nitrogens is 2. The van der Waals surface area contributed by atoms with Crippen molar-refractivity contribution in [3.8, 4) is 11.3 Å². The molecule has 1 aromatic carbocycles. The second-order valence-electron chi connectivity index (χ2n) is 5.72. The predicted octanol–water partition coefficient (Wildman–Crippen LogP) is 4.50. The molecule has 0 spiro atoms. The fraction of sp³-hybridized carbons (Fsp3) is 0.200. The summed E-state index contributed by atoms with van der Waals surface area (Å²) in [5, 5.41) is 6.32. The minimum Gasteiger partial charge on any atom is -0.373 e. The monoisotopic (exact) mass is 336 g/mol. The van der Waals surface area contributed by atoms with Crippen molar-refractivity contribution < 1.29 is 4.39 Å². The van der Waals surface area contributed by atoms with Gasteiger partial charge in [-0.15, -0.1) is 0 Å². The van der Waals surface area contributed by atoms with Crippen LogP contribution in [0, 0.1) is 5.82 Å². The summed E-state index contributed by atoms with van der Waals surface area (Å²) in [5.74, 6) is 1.34. The van der Waals surface area contributed by atoms with Crippen LogP contribution in [0.4, 0.5) is 16.0 Å². The molecule has 128 valence electrons. The first-order valence-electron chi connectivity index (χ1n) is 8.32. The molecule has 2 heterocycles. The fourth-order valence-electron chi connectivity index (χ4n) is 2.66. The molecule has 4 nitrogen and oxygen atoms in total. The van der Waals surface area contributed by atoms with Gasteiger partial charge in [0.05, 0.1) is 5.69 Å². The maximum absolute atomic E-state index is 13.3. The highest BCUT2D eigenvalue weighted by Crippen LogP contribution is 2.25. The SMILES string of the molecule is CCc1cnc(NC)cc1-c1cccc(NCc2cccc(F)c2)n1. The van der Waals surface area contributed by atoms with E-state index >= 15 is 0 Å². The third-order valence-corrected chi connectivity index (χ3v) is 4.01. The zero-order chi connectivity index (χ0) is 17.6. The van der Waals surface area contributed by atoms with Crippen molar-refractivity contribution in [3.63, 3.8) is 0 Å². The summed E-state index contributed by atoms with van der Waals surface area (Å²) in [4.78, 5) is 9.07. The molecule has 3 rings (SSSR count). The molecule has 0 aliphatic rings. The van der Waals surface area contributed by atoms with Gasteiger partial charge in [0.1, 0.15) is 17.5 Å². The van der Waals surface area contributed by atoms with E-state index in [-0.39, 0.29) is 5.82 Å². The number of hydrogen-bond donors (Lipinski definition) is 2. The lowest BCUT2D eigenvalue weighted by molar-refractivity contribution is 0.626. The molecule has 0 saturated heterocycles. The summed E-state index contributed by atoms with van der Waals surface area (Å²) < 4.78 is 13.3. The molecule has 0 unspecified atom stereocenters. The van der Waals surface area contributed by atoms with Crippen LogP contribution in [-0.4, -0.2) is 17.0 Å². The second-order valence-corrected chi connectivity index (χ2v) is 5.72. The number of nitrogens with zero attached hydrogens (tertiary/aromatic N) is 2. The van der Waals surface area contributed by atoms with Crippen LogP contribution in [0.1, 0.15) is 18.1 Å². The van der Waals surface area contributed by atoms with Crippen molar-refractivity contribution in [2.75, 3.05) is 17.7 Å². The predicted molar refractivity (Wildman–Crippen MR) is 100 cm³/mol. The Morgan fingerprint density at radius 3 is 2.64 bits per heavy atom. The van der Waals surface area contributed by atoms with Gasteiger partial charge in [0, 0.05) is 25.4 Å². The number of pyridine rings is 2. The quantitative estimate of drug-likeness (QED) is 0.696. The van der Waals surface area contributed by atoms with Crippen molar-refractivity contribution in [2.45, 2.75) is 19.9 Å². The first kappa shape index (κ1) is 16.9. The Hall–Kier alpha value is -2.95. The summed E-state index contributed by atoms with van der Waals surface area (Å²) in [6, 6.07) is 14.4. The van der Waals surface area contributed by atoms with Gasteiger partial charge in [0.2, 0.25) is 0 Å². The second kappa shape index (κ2) is 7.75. The minimum absolute atomic E-state index is 0.232. The molecule has 2 N–H and O–H groups in total. The molecule has 0 atom stereocenters. The molecular weight excluding hydrogens is 315 g/mol. The van der Waals surface area contributed by atoms with Crippen LogP contribution in [0.25, 0.3) is 11.3 Å². The summed E-state index contributed by atoms with van der Waals surface area (Å²) in [6.45, 7) is 2.62. The third-order valence-electron chi connectivity index (χ3n) is 4.01. The first-order chi connectivity index (χ1) is 12.2. The van der Waals surface area contributed by atoms with Crippen LogP contribution in [0.5, 0.6) is 0 Å². The van der Waals surface area contributed by atoms with Crippen LogP contribution in [0.2, 0.25) is 0 Å². The highest BCUT2D eigenvalue weighted by Gasteiger charge is 2.08. The van der Waals surface area contributed by atoms with E-state index in [4.69, 9.17) is 4.98 Å². The molecule has 0 bridgehead atoms. The van der Waals surface area contributed by atoms with Crippen LogP contribution < -0.4 is 10.6 Å². The van der Waals surface area contributed by atoms with Gasteiger partial charge in [-0.05, 0) is 47.9 Å². The molecule has 0 amide bonds. The van der Waals surface area contributed by atoms with E-state index in [0.717, 1.165) is 40.4 Å². The van der Waals surface area contributed by atoms with Gasteiger partial charge in [0.15, 0.2) is 0 Å². The number of benzene rings is 1. The lowest BCUT2D eigenvalue weighted by Crippen LogP contribution is -2.03. The van der Waals surface area contributed by atoms with Crippen LogP contribution in [-0.2, 0) is 13.0 Å². The molecular formula is C20H21FN4. The summed E-state index contributed by atoms with van der Waals surface area (Å²) >= 11 is 0. The molecule has 5 heteroatoms. The van der Waals surface area contributed by atoms with E-state index in [0.29, 0.717) is 6.54 Å². The van der Waals surface area contributed by atoms with E-state index in [2.05, 4.69) is 22.5 Å². The van der Waals surface area contributed by atoms with Gasteiger partial charge in [0.25, 0.3) is 0 Å². The van der Waals surface area contributed by atoms with Gasteiger partial charge < -0.3 is 10.6 Å². The number of rotatable bonds is 6. The van der Waals surface area contributed by atoms with Gasteiger partial charge in [-0.3, -0.25) is 0 Å². The number of hydrogen-bond acceptors (Lipinski definition) is 4. The minimum atomic E-state index is -0.232. The maximum atomic E-state index is 13.3. The molecule has 0 aliphatic heterocycles. The molecule has 2 aromatic heterocycles. The zero-order valence-electron chi connectivity index (χ0n) is 14.4. The standard InChI is InChI=1S/C20H21FN4/c1-3-15-13-24-20(22-2)11-17(15)18-8-5-9-19(25-18)23-12-14-6-4-7-16(21)10-14/h4-11,13H,3,12H2,1-2H3,(H,22,24)(H,23,25). The van der Waals surface area contributed by atoms with E-state index in [1.165, 1.54) is 12.1 Å². The Bertz CT molecular complexity index is 864. The smallest absolute Gasteiger partial charge is 0.126 e. The van der Waals surface area contributed by atoms with Crippen LogP contribution in [0.15, 0.2) is 54.7 Å². The maximum Gasteiger partial charge on any atom is 0.126 e. The summed E-state index contributed by atoms with van der Waals surface area (Å²) in [6.07, 6.45) is 2.77. The van der Waals surface area contributed by atoms with Gasteiger partial charge >= 0.3 is 0 Å². The van der Waals surface area contributed by atoms with E-state index in [1.807, 2.05) is 43.6 Å². The van der Waals surface area contributed by atoms with Crippen LogP contribution >= 0.6 is 0 Å². The Morgan fingerprint density at radius 1 is 1.04 bits per heavy atom. The Kier molecular flexibility index (Phi) is 5.23. The number of halogens is 1. The van der Waals surface area contributed by atoms with Crippen molar-refractivity contribution in [1.82, 2.24) is 9.97 Å². The zero-order valence-corrected chi connectivity index (χ0v) is 14.4. The van der Waals surface area contributed by atoms with Crippen molar-refractivity contribution >= 4 is 11.6 Å². The Balaban J connectivity index is 1.84. The average Bonchev–Trinajstić information content (AvgIpc) is 2.66. The molecule has 0 radical (unpaired) electrons. The number of anilines is 2. The van der Waals surface area contributed by atoms with E-state index in [1.54, 1.807) is 6.07 Å². The van der Waals surface area contributed by atoms with Gasteiger partial charge in [-0.2, -0.15) is 0 Å². The fourth-order valence-corrected chi connectivity index (χ4v) is 2.66. The van der Waals surface area contributed by atoms with Crippen molar-refractivity contribution in [3.05, 3.63) is 71.7 Å². The van der Waals surface area contributed by atoms with E-state index in [9.17, 15) is 4.39 Å². The Morgan fingerprint density at radius 2 is 1.88 bits per heavy atom. The lowest BCUT2D eigenvalue weighted by atomic mass is 10.0. The lowest BCUT2D eigenvalue weighted by Gasteiger charge is -2.11. The summed E-state index contributed by atoms with van der Waals surface area (Å²) in [5.41, 5.74) is 3.98. The molecule has 3 aromatic rings. The average molecular weight is 336 g/mol. The topological polar surface area (TPSA) is 49.8 Å². The highest BCUT2D eigenvalue weighted by molar-refractivity contribution is 5.68. The highest BCUT2D eigenvalue weighted by atomic mass is 19.1. The number of nitrogens with one attached hydrogen (secondary N) is 2. The normalized spacial score (nSPS) is 10.5. The molecule has 0 aliphatic carbocycles. The molecule has 25 heavy (non-hydrogen) atoms. The molecule has 0 saturated carbocycles.